The van der Waals surface area contributed by atoms with Gasteiger partial charge in [0.15, 0.2) is 0 Å². The molecule has 0 aliphatic rings. The highest BCUT2D eigenvalue weighted by molar-refractivity contribution is 9.10. The van der Waals surface area contributed by atoms with E-state index in [1.807, 2.05) is 0 Å². The number of pyridine rings is 1. The summed E-state index contributed by atoms with van der Waals surface area (Å²) in [4.78, 5) is 31.0. The third-order valence-electron chi connectivity index (χ3n) is 2.81. The van der Waals surface area contributed by atoms with Crippen molar-refractivity contribution >= 4 is 33.5 Å². The first-order valence-corrected chi connectivity index (χ1v) is 7.10. The largest absolute Gasteiger partial charge is 0.462 e. The van der Waals surface area contributed by atoms with Crippen LogP contribution in [-0.4, -0.2) is 28.5 Å². The number of H-pyrrole nitrogens is 1. The van der Waals surface area contributed by atoms with Gasteiger partial charge >= 0.3 is 5.97 Å². The monoisotopic (exact) mass is 351 g/mol. The van der Waals surface area contributed by atoms with Crippen molar-refractivity contribution in [1.82, 2.24) is 9.97 Å². The minimum Gasteiger partial charge on any atom is -0.462 e. The molecular formula is C14H14BrN3O3. The van der Waals surface area contributed by atoms with Crippen LogP contribution in [-0.2, 0) is 4.74 Å². The number of hydrogen-bond acceptors (Lipinski definition) is 4. The highest BCUT2D eigenvalue weighted by Crippen LogP contribution is 2.22. The second kappa shape index (κ2) is 6.53. The van der Waals surface area contributed by atoms with E-state index in [1.54, 1.807) is 38.4 Å². The van der Waals surface area contributed by atoms with Crippen LogP contribution in [0.1, 0.15) is 33.3 Å². The molecule has 2 heterocycles. The number of esters is 1. The molecule has 21 heavy (non-hydrogen) atoms. The average Bonchev–Trinajstić information content (AvgIpc) is 2.80. The molecule has 0 aliphatic heterocycles. The number of halogens is 1. The second-order valence-electron chi connectivity index (χ2n) is 4.22. The van der Waals surface area contributed by atoms with Gasteiger partial charge in [-0.2, -0.15) is 0 Å². The number of ether oxygens (including phenoxy) is 1. The Labute approximate surface area is 130 Å². The summed E-state index contributed by atoms with van der Waals surface area (Å²) in [6, 6.07) is 3.30. The zero-order valence-electron chi connectivity index (χ0n) is 11.6. The Kier molecular flexibility index (Phi) is 4.74. The summed E-state index contributed by atoms with van der Waals surface area (Å²) in [5, 5.41) is 2.69. The van der Waals surface area contributed by atoms with Crippen LogP contribution in [0.5, 0.6) is 0 Å². The van der Waals surface area contributed by atoms with Crippen LogP contribution in [0, 0.1) is 6.92 Å². The van der Waals surface area contributed by atoms with Crippen molar-refractivity contribution in [3.63, 3.8) is 0 Å². The molecule has 2 aromatic rings. The van der Waals surface area contributed by atoms with E-state index >= 15 is 0 Å². The highest BCUT2D eigenvalue weighted by atomic mass is 79.9. The van der Waals surface area contributed by atoms with Gasteiger partial charge in [-0.1, -0.05) is 0 Å². The maximum Gasteiger partial charge on any atom is 0.342 e. The van der Waals surface area contributed by atoms with E-state index < -0.39 is 5.97 Å². The first kappa shape index (κ1) is 15.2. The zero-order chi connectivity index (χ0) is 15.4. The van der Waals surface area contributed by atoms with Gasteiger partial charge in [-0.25, -0.2) is 9.78 Å². The lowest BCUT2D eigenvalue weighted by atomic mass is 10.2. The number of carbonyl (C=O) groups excluding carboxylic acids is 2. The number of aryl methyl sites for hydroxylation is 1. The molecule has 2 rings (SSSR count). The van der Waals surface area contributed by atoms with Gasteiger partial charge in [0, 0.05) is 18.1 Å². The molecule has 2 aromatic heterocycles. The first-order chi connectivity index (χ1) is 10.0. The Morgan fingerprint density at radius 3 is 2.90 bits per heavy atom. The van der Waals surface area contributed by atoms with Gasteiger partial charge in [-0.15, -0.1) is 0 Å². The number of hydrogen-bond donors (Lipinski definition) is 2. The Morgan fingerprint density at radius 1 is 1.48 bits per heavy atom. The fourth-order valence-corrected chi connectivity index (χ4v) is 2.27. The molecule has 110 valence electrons. The predicted octanol–water partition coefficient (Wildman–Crippen LogP) is 2.91. The topological polar surface area (TPSA) is 84.1 Å². The lowest BCUT2D eigenvalue weighted by molar-refractivity contribution is 0.0527. The fourth-order valence-electron chi connectivity index (χ4n) is 1.84. The van der Waals surface area contributed by atoms with Crippen molar-refractivity contribution in [1.29, 1.82) is 0 Å². The molecule has 0 fully saturated rings. The molecule has 0 saturated carbocycles. The number of rotatable bonds is 4. The number of aromatic nitrogens is 2. The van der Waals surface area contributed by atoms with E-state index in [9.17, 15) is 9.59 Å². The minimum atomic E-state index is -0.475. The zero-order valence-corrected chi connectivity index (χ0v) is 13.2. The van der Waals surface area contributed by atoms with Crippen LogP contribution >= 0.6 is 15.9 Å². The molecular weight excluding hydrogens is 338 g/mol. The molecule has 0 spiro atoms. The van der Waals surface area contributed by atoms with Crippen LogP contribution in [0.4, 0.5) is 5.69 Å². The summed E-state index contributed by atoms with van der Waals surface area (Å²) in [7, 11) is 0. The normalized spacial score (nSPS) is 10.2. The van der Waals surface area contributed by atoms with Crippen molar-refractivity contribution in [3.05, 3.63) is 46.0 Å². The van der Waals surface area contributed by atoms with Crippen molar-refractivity contribution in [2.24, 2.45) is 0 Å². The molecule has 0 aliphatic carbocycles. The van der Waals surface area contributed by atoms with Gasteiger partial charge in [0.1, 0.15) is 10.2 Å². The maximum absolute atomic E-state index is 12.2. The molecule has 0 unspecified atom stereocenters. The fraction of sp³-hybridized carbons (Fsp3) is 0.214. The molecule has 2 N–H and O–H groups in total. The number of aromatic amines is 1. The molecule has 0 radical (unpaired) electrons. The van der Waals surface area contributed by atoms with Gasteiger partial charge in [-0.05, 0) is 41.9 Å². The van der Waals surface area contributed by atoms with Gasteiger partial charge in [-0.3, -0.25) is 4.79 Å². The maximum atomic E-state index is 12.2. The van der Waals surface area contributed by atoms with Gasteiger partial charge in [0.2, 0.25) is 0 Å². The summed E-state index contributed by atoms with van der Waals surface area (Å²) < 4.78 is 5.42. The van der Waals surface area contributed by atoms with E-state index in [-0.39, 0.29) is 12.5 Å². The summed E-state index contributed by atoms with van der Waals surface area (Å²) in [6.07, 6.45) is 3.13. The van der Waals surface area contributed by atoms with Crippen molar-refractivity contribution in [3.8, 4) is 0 Å². The summed E-state index contributed by atoms with van der Waals surface area (Å²) >= 11 is 3.22. The molecule has 1 amide bonds. The minimum absolute atomic E-state index is 0.269. The molecule has 0 saturated heterocycles. The van der Waals surface area contributed by atoms with Crippen LogP contribution in [0.15, 0.2) is 29.1 Å². The molecule has 0 aromatic carbocycles. The van der Waals surface area contributed by atoms with Gasteiger partial charge in [0.05, 0.1) is 17.9 Å². The van der Waals surface area contributed by atoms with E-state index in [0.29, 0.717) is 27.1 Å². The average molecular weight is 352 g/mol. The first-order valence-electron chi connectivity index (χ1n) is 6.31. The van der Waals surface area contributed by atoms with E-state index in [1.165, 1.54) is 0 Å². The molecule has 0 atom stereocenters. The summed E-state index contributed by atoms with van der Waals surface area (Å²) in [5.41, 5.74) is 1.72. The Bertz CT molecular complexity index is 682. The standard InChI is InChI=1S/C14H14BrN3O3/c1-3-21-14(20)11-8(2)17-7-10(11)18-13(19)9-5-4-6-16-12(9)15/h4-7,17H,3H2,1-2H3,(H,18,19). The smallest absolute Gasteiger partial charge is 0.342 e. The third kappa shape index (κ3) is 3.30. The Balaban J connectivity index is 2.27. The Morgan fingerprint density at radius 2 is 2.24 bits per heavy atom. The van der Waals surface area contributed by atoms with Gasteiger partial charge < -0.3 is 15.0 Å². The lowest BCUT2D eigenvalue weighted by Crippen LogP contribution is -2.16. The molecule has 6 nitrogen and oxygen atoms in total. The van der Waals surface area contributed by atoms with Crippen LogP contribution < -0.4 is 5.32 Å². The van der Waals surface area contributed by atoms with Crippen molar-refractivity contribution in [2.45, 2.75) is 13.8 Å². The molecule has 7 heteroatoms. The summed E-state index contributed by atoms with van der Waals surface area (Å²) in [5.74, 6) is -0.837. The van der Waals surface area contributed by atoms with E-state index in [2.05, 4.69) is 31.2 Å². The number of nitrogens with one attached hydrogen (secondary N) is 2. The highest BCUT2D eigenvalue weighted by Gasteiger charge is 2.20. The van der Waals surface area contributed by atoms with E-state index in [4.69, 9.17) is 4.74 Å². The second-order valence-corrected chi connectivity index (χ2v) is 4.97. The number of anilines is 1. The number of amides is 1. The Hall–Kier alpha value is -2.15. The van der Waals surface area contributed by atoms with E-state index in [0.717, 1.165) is 0 Å². The number of nitrogens with zero attached hydrogens (tertiary/aromatic N) is 1. The van der Waals surface area contributed by atoms with Crippen LogP contribution in [0.2, 0.25) is 0 Å². The third-order valence-corrected chi connectivity index (χ3v) is 3.44. The van der Waals surface area contributed by atoms with Gasteiger partial charge in [0.25, 0.3) is 5.91 Å². The summed E-state index contributed by atoms with van der Waals surface area (Å²) in [6.45, 7) is 3.73. The SMILES string of the molecule is CCOC(=O)c1c(NC(=O)c2cccnc2Br)c[nH]c1C. The van der Waals surface area contributed by atoms with Crippen molar-refractivity contribution in [2.75, 3.05) is 11.9 Å². The lowest BCUT2D eigenvalue weighted by Gasteiger charge is -2.08. The number of carbonyl (C=O) groups is 2. The van der Waals surface area contributed by atoms with Crippen LogP contribution in [0.3, 0.4) is 0 Å². The van der Waals surface area contributed by atoms with Crippen LogP contribution in [0.25, 0.3) is 0 Å². The molecule has 0 bridgehead atoms. The van der Waals surface area contributed by atoms with Crippen molar-refractivity contribution < 1.29 is 14.3 Å². The quantitative estimate of drug-likeness (QED) is 0.655. The predicted molar refractivity (Wildman–Crippen MR) is 81.4 cm³/mol.